The summed E-state index contributed by atoms with van der Waals surface area (Å²) in [5.41, 5.74) is 3.12. The normalized spacial score (nSPS) is 18.0. The molecule has 1 spiro atoms. The van der Waals surface area contributed by atoms with Crippen LogP contribution in [0.3, 0.4) is 0 Å². The van der Waals surface area contributed by atoms with E-state index in [0.29, 0.717) is 39.9 Å². The lowest BCUT2D eigenvalue weighted by Crippen LogP contribution is -2.47. The largest absolute Gasteiger partial charge is 0.479 e. The molecule has 10 heteroatoms. The van der Waals surface area contributed by atoms with E-state index in [2.05, 4.69) is 20.4 Å². The standard InChI is InChI=1S/C24H26F2N6O2/c1-33-22-21-17(15-10-18(26)20-19(11-15)31(9-7-25)14-27-20)4-8-32(21)30-23(29-22)28-16-2-5-24(6-3-16)12-34-13-24/h4,8,10-11,14,16H,2-3,5-7,9,12-13H2,1H3,(H,28,30). The molecule has 1 aliphatic heterocycles. The van der Waals surface area contributed by atoms with Gasteiger partial charge in [-0.2, -0.15) is 4.98 Å². The highest BCUT2D eigenvalue weighted by Crippen LogP contribution is 2.43. The maximum atomic E-state index is 14.8. The molecule has 4 aromatic rings. The number of nitrogens with zero attached hydrogens (tertiary/aromatic N) is 5. The number of aryl methyl sites for hydroxylation is 1. The molecule has 0 atom stereocenters. The molecule has 1 aliphatic carbocycles. The van der Waals surface area contributed by atoms with Gasteiger partial charge in [-0.05, 0) is 49.4 Å². The van der Waals surface area contributed by atoms with Crippen LogP contribution in [0.2, 0.25) is 0 Å². The minimum Gasteiger partial charge on any atom is -0.479 e. The number of methoxy groups -OCH3 is 1. The van der Waals surface area contributed by atoms with Crippen molar-refractivity contribution in [2.75, 3.05) is 32.3 Å². The second kappa shape index (κ2) is 8.19. The lowest BCUT2D eigenvalue weighted by Gasteiger charge is -2.46. The monoisotopic (exact) mass is 468 g/mol. The first-order chi connectivity index (χ1) is 16.6. The second-order valence-electron chi connectivity index (χ2n) is 9.33. The van der Waals surface area contributed by atoms with Gasteiger partial charge in [0.2, 0.25) is 11.8 Å². The van der Waals surface area contributed by atoms with Crippen LogP contribution >= 0.6 is 0 Å². The van der Waals surface area contributed by atoms with Gasteiger partial charge in [-0.15, -0.1) is 5.10 Å². The predicted molar refractivity (Wildman–Crippen MR) is 123 cm³/mol. The van der Waals surface area contributed by atoms with Crippen LogP contribution in [0, 0.1) is 11.2 Å². The van der Waals surface area contributed by atoms with Crippen LogP contribution in [0.5, 0.6) is 5.88 Å². The molecular weight excluding hydrogens is 442 g/mol. The average Bonchev–Trinajstić information content (AvgIpc) is 3.43. The van der Waals surface area contributed by atoms with Crippen LogP contribution in [0.15, 0.2) is 30.7 Å². The number of aromatic nitrogens is 5. The van der Waals surface area contributed by atoms with E-state index in [9.17, 15) is 8.78 Å². The maximum absolute atomic E-state index is 14.8. The Morgan fingerprint density at radius 3 is 2.79 bits per heavy atom. The molecule has 34 heavy (non-hydrogen) atoms. The van der Waals surface area contributed by atoms with Gasteiger partial charge in [0.25, 0.3) is 0 Å². The van der Waals surface area contributed by atoms with Gasteiger partial charge in [-0.1, -0.05) is 0 Å². The number of alkyl halides is 1. The minimum atomic E-state index is -0.556. The number of ether oxygens (including phenoxy) is 2. The number of benzene rings is 1. The molecular formula is C24H26F2N6O2. The fraction of sp³-hybridized carbons (Fsp3) is 0.458. The Labute approximate surface area is 194 Å². The Morgan fingerprint density at radius 1 is 1.26 bits per heavy atom. The van der Waals surface area contributed by atoms with Crippen LogP contribution in [-0.2, 0) is 11.3 Å². The summed E-state index contributed by atoms with van der Waals surface area (Å²) < 4.78 is 42.1. The first kappa shape index (κ1) is 21.3. The van der Waals surface area contributed by atoms with Crippen molar-refractivity contribution in [3.8, 4) is 17.0 Å². The van der Waals surface area contributed by atoms with Crippen molar-refractivity contribution in [2.45, 2.75) is 38.3 Å². The highest BCUT2D eigenvalue weighted by molar-refractivity contribution is 5.90. The Balaban J connectivity index is 1.33. The second-order valence-corrected chi connectivity index (χ2v) is 9.33. The van der Waals surface area contributed by atoms with Crippen LogP contribution < -0.4 is 10.1 Å². The molecule has 4 heterocycles. The van der Waals surface area contributed by atoms with Gasteiger partial charge in [0, 0.05) is 23.2 Å². The van der Waals surface area contributed by atoms with Crippen molar-refractivity contribution in [2.24, 2.45) is 5.41 Å². The van der Waals surface area contributed by atoms with Crippen molar-refractivity contribution in [1.29, 1.82) is 0 Å². The van der Waals surface area contributed by atoms with Crippen LogP contribution in [-0.4, -0.2) is 57.2 Å². The van der Waals surface area contributed by atoms with Gasteiger partial charge < -0.3 is 19.4 Å². The van der Waals surface area contributed by atoms with E-state index >= 15 is 0 Å². The summed E-state index contributed by atoms with van der Waals surface area (Å²) in [5, 5.41) is 8.11. The van der Waals surface area contributed by atoms with Gasteiger partial charge >= 0.3 is 0 Å². The summed E-state index contributed by atoms with van der Waals surface area (Å²) >= 11 is 0. The molecule has 178 valence electrons. The third-order valence-electron chi connectivity index (χ3n) is 7.18. The molecule has 8 nitrogen and oxygen atoms in total. The third-order valence-corrected chi connectivity index (χ3v) is 7.18. The van der Waals surface area contributed by atoms with E-state index in [-0.39, 0.29) is 12.1 Å². The number of imidazole rings is 1. The van der Waals surface area contributed by atoms with Gasteiger partial charge in [0.05, 0.1) is 38.7 Å². The number of hydrogen-bond donors (Lipinski definition) is 1. The van der Waals surface area contributed by atoms with Crippen LogP contribution in [0.4, 0.5) is 14.7 Å². The number of nitrogens with one attached hydrogen (secondary N) is 1. The van der Waals surface area contributed by atoms with Crippen LogP contribution in [0.25, 0.3) is 27.7 Å². The van der Waals surface area contributed by atoms with Gasteiger partial charge in [0.15, 0.2) is 5.82 Å². The Bertz CT molecular complexity index is 1350. The quantitative estimate of drug-likeness (QED) is 0.456. The molecule has 0 unspecified atom stereocenters. The lowest BCUT2D eigenvalue weighted by molar-refractivity contribution is -0.131. The van der Waals surface area contributed by atoms with Crippen LogP contribution in [0.1, 0.15) is 25.7 Å². The zero-order valence-corrected chi connectivity index (χ0v) is 18.9. The van der Waals surface area contributed by atoms with Crippen molar-refractivity contribution in [1.82, 2.24) is 24.1 Å². The average molecular weight is 469 g/mol. The summed E-state index contributed by atoms with van der Waals surface area (Å²) in [6, 6.07) is 5.39. The van der Waals surface area contributed by atoms with Gasteiger partial charge in [0.1, 0.15) is 17.7 Å². The van der Waals surface area contributed by atoms with Crippen molar-refractivity contribution in [3.63, 3.8) is 0 Å². The van der Waals surface area contributed by atoms with Crippen molar-refractivity contribution >= 4 is 22.5 Å². The molecule has 2 fully saturated rings. The molecule has 1 saturated carbocycles. The first-order valence-electron chi connectivity index (χ1n) is 11.6. The summed E-state index contributed by atoms with van der Waals surface area (Å²) in [4.78, 5) is 8.71. The first-order valence-corrected chi connectivity index (χ1v) is 11.6. The van der Waals surface area contributed by atoms with E-state index < -0.39 is 12.5 Å². The summed E-state index contributed by atoms with van der Waals surface area (Å²) in [5.74, 6) is 0.435. The smallest absolute Gasteiger partial charge is 0.244 e. The molecule has 1 saturated heterocycles. The van der Waals surface area contributed by atoms with E-state index in [0.717, 1.165) is 44.5 Å². The zero-order valence-electron chi connectivity index (χ0n) is 18.9. The number of anilines is 1. The molecule has 1 N–H and O–H groups in total. The number of halogens is 2. The van der Waals surface area contributed by atoms with E-state index in [4.69, 9.17) is 9.47 Å². The Kier molecular flexibility index (Phi) is 5.13. The van der Waals surface area contributed by atoms with Gasteiger partial charge in [-0.25, -0.2) is 18.3 Å². The number of rotatable bonds is 6. The highest BCUT2D eigenvalue weighted by atomic mass is 19.1. The molecule has 6 rings (SSSR count). The molecule has 2 aliphatic rings. The highest BCUT2D eigenvalue weighted by Gasteiger charge is 2.41. The molecule has 0 amide bonds. The summed E-state index contributed by atoms with van der Waals surface area (Å²) in [7, 11) is 1.56. The summed E-state index contributed by atoms with van der Waals surface area (Å²) in [6.07, 6.45) is 7.66. The fourth-order valence-electron chi connectivity index (χ4n) is 5.21. The molecule has 0 radical (unpaired) electrons. The SMILES string of the molecule is COc1nc(NC2CCC3(CC2)COC3)nn2ccc(-c3cc(F)c4ncn(CCF)c4c3)c12. The zero-order chi connectivity index (χ0) is 23.3. The molecule has 0 bridgehead atoms. The van der Waals surface area contributed by atoms with Crippen molar-refractivity contribution < 1.29 is 18.3 Å². The third kappa shape index (κ3) is 3.48. The van der Waals surface area contributed by atoms with E-state index in [1.54, 1.807) is 16.2 Å². The van der Waals surface area contributed by atoms with Gasteiger partial charge in [-0.3, -0.25) is 0 Å². The maximum Gasteiger partial charge on any atom is 0.244 e. The fourth-order valence-corrected chi connectivity index (χ4v) is 5.21. The minimum absolute atomic E-state index is 0.118. The topological polar surface area (TPSA) is 78.5 Å². The lowest BCUT2D eigenvalue weighted by atomic mass is 9.71. The van der Waals surface area contributed by atoms with Crippen molar-refractivity contribution in [3.05, 3.63) is 36.5 Å². The van der Waals surface area contributed by atoms with E-state index in [1.807, 2.05) is 18.3 Å². The summed E-state index contributed by atoms with van der Waals surface area (Å²) in [6.45, 7) is 1.32. The number of hydrogen-bond acceptors (Lipinski definition) is 6. The van der Waals surface area contributed by atoms with E-state index in [1.165, 1.54) is 12.4 Å². The Morgan fingerprint density at radius 2 is 2.09 bits per heavy atom. The molecule has 3 aromatic heterocycles. The molecule has 1 aromatic carbocycles. The number of fused-ring (bicyclic) bond motifs is 2. The Hall–Kier alpha value is -3.27. The predicted octanol–water partition coefficient (Wildman–Crippen LogP) is 4.23.